The summed E-state index contributed by atoms with van der Waals surface area (Å²) in [5, 5.41) is 11.6. The predicted molar refractivity (Wildman–Crippen MR) is 125 cm³/mol. The van der Waals surface area contributed by atoms with Crippen molar-refractivity contribution in [3.8, 4) is 22.9 Å². The largest absolute Gasteiger partial charge is 0.495 e. The number of aromatic nitrogens is 3. The maximum atomic E-state index is 12.4. The fourth-order valence-electron chi connectivity index (χ4n) is 3.07. The summed E-state index contributed by atoms with van der Waals surface area (Å²) in [6, 6.07) is 22.7. The third-order valence-electron chi connectivity index (χ3n) is 4.56. The lowest BCUT2D eigenvalue weighted by Gasteiger charge is -2.11. The molecule has 0 spiro atoms. The molecule has 0 bridgehead atoms. The molecular formula is C24H22N4O3S. The monoisotopic (exact) mass is 446 g/mol. The highest BCUT2D eigenvalue weighted by Crippen LogP contribution is 2.27. The molecule has 0 aliphatic rings. The Hall–Kier alpha value is -3.78. The first kappa shape index (κ1) is 21.5. The molecule has 7 nitrogen and oxygen atoms in total. The third kappa shape index (κ3) is 5.28. The number of thioether (sulfide) groups is 1. The van der Waals surface area contributed by atoms with E-state index in [0.717, 1.165) is 17.0 Å². The molecule has 1 heterocycles. The zero-order valence-corrected chi connectivity index (χ0v) is 18.5. The summed E-state index contributed by atoms with van der Waals surface area (Å²) >= 11 is 1.30. The number of aryl methyl sites for hydroxylation is 1. The van der Waals surface area contributed by atoms with Crippen molar-refractivity contribution >= 4 is 23.4 Å². The van der Waals surface area contributed by atoms with Gasteiger partial charge < -0.3 is 14.8 Å². The van der Waals surface area contributed by atoms with E-state index in [0.29, 0.717) is 22.3 Å². The van der Waals surface area contributed by atoms with Gasteiger partial charge in [0.1, 0.15) is 23.6 Å². The van der Waals surface area contributed by atoms with E-state index < -0.39 is 0 Å². The van der Waals surface area contributed by atoms with Gasteiger partial charge in [-0.1, -0.05) is 36.0 Å². The zero-order chi connectivity index (χ0) is 22.3. The standard InChI is InChI=1S/C24H22N4O3S/c1-17-6-5-7-20(14-17)31-19-12-10-18(11-13-19)26-23(29)15-32-24-27-25-16-28(24)21-8-3-4-9-22(21)30-2/h3-14,16H,15H2,1-2H3,(H,26,29). The van der Waals surface area contributed by atoms with Gasteiger partial charge in [0.15, 0.2) is 5.16 Å². The molecule has 4 aromatic rings. The second-order valence-corrected chi connectivity index (χ2v) is 7.88. The van der Waals surface area contributed by atoms with Crippen LogP contribution < -0.4 is 14.8 Å². The van der Waals surface area contributed by atoms with Crippen LogP contribution in [0.15, 0.2) is 84.3 Å². The molecule has 0 radical (unpaired) electrons. The molecule has 4 rings (SSSR count). The number of carbonyl (C=O) groups is 1. The minimum atomic E-state index is -0.142. The Balaban J connectivity index is 1.35. The van der Waals surface area contributed by atoms with E-state index in [1.54, 1.807) is 18.0 Å². The second kappa shape index (κ2) is 10.0. The maximum Gasteiger partial charge on any atom is 0.234 e. The number of anilines is 1. The second-order valence-electron chi connectivity index (χ2n) is 6.94. The summed E-state index contributed by atoms with van der Waals surface area (Å²) in [5.74, 6) is 2.23. The molecule has 0 atom stereocenters. The van der Waals surface area contributed by atoms with Gasteiger partial charge in [-0.05, 0) is 61.0 Å². The molecule has 0 saturated heterocycles. The van der Waals surface area contributed by atoms with Crippen LogP contribution in [0.3, 0.4) is 0 Å². The SMILES string of the molecule is COc1ccccc1-n1cnnc1SCC(=O)Nc1ccc(Oc2cccc(C)c2)cc1. The number of methoxy groups -OCH3 is 1. The van der Waals surface area contributed by atoms with Gasteiger partial charge in [-0.2, -0.15) is 0 Å². The molecule has 1 N–H and O–H groups in total. The summed E-state index contributed by atoms with van der Waals surface area (Å²) in [4.78, 5) is 12.4. The molecule has 1 aromatic heterocycles. The molecular weight excluding hydrogens is 424 g/mol. The van der Waals surface area contributed by atoms with E-state index in [-0.39, 0.29) is 11.7 Å². The lowest BCUT2D eigenvalue weighted by atomic mass is 10.2. The summed E-state index contributed by atoms with van der Waals surface area (Å²) in [6.45, 7) is 2.02. The van der Waals surface area contributed by atoms with Crippen LogP contribution in [-0.4, -0.2) is 33.5 Å². The zero-order valence-electron chi connectivity index (χ0n) is 17.7. The first-order valence-electron chi connectivity index (χ1n) is 9.93. The van der Waals surface area contributed by atoms with Crippen molar-refractivity contribution in [1.29, 1.82) is 0 Å². The Morgan fingerprint density at radius 2 is 1.84 bits per heavy atom. The molecule has 0 fully saturated rings. The Morgan fingerprint density at radius 1 is 1.03 bits per heavy atom. The summed E-state index contributed by atoms with van der Waals surface area (Å²) in [5.41, 5.74) is 2.64. The Kier molecular flexibility index (Phi) is 6.72. The maximum absolute atomic E-state index is 12.4. The van der Waals surface area contributed by atoms with E-state index in [2.05, 4.69) is 15.5 Å². The lowest BCUT2D eigenvalue weighted by molar-refractivity contribution is -0.113. The average molecular weight is 447 g/mol. The van der Waals surface area contributed by atoms with E-state index in [9.17, 15) is 4.79 Å². The number of nitrogens with zero attached hydrogens (tertiary/aromatic N) is 3. The van der Waals surface area contributed by atoms with Crippen LogP contribution in [-0.2, 0) is 4.79 Å². The van der Waals surface area contributed by atoms with E-state index in [1.807, 2.05) is 79.7 Å². The van der Waals surface area contributed by atoms with Crippen LogP contribution in [0, 0.1) is 6.92 Å². The Morgan fingerprint density at radius 3 is 2.62 bits per heavy atom. The number of hydrogen-bond donors (Lipinski definition) is 1. The average Bonchev–Trinajstić information content (AvgIpc) is 3.27. The van der Waals surface area contributed by atoms with Crippen molar-refractivity contribution < 1.29 is 14.3 Å². The van der Waals surface area contributed by atoms with Gasteiger partial charge >= 0.3 is 0 Å². The van der Waals surface area contributed by atoms with E-state index in [4.69, 9.17) is 9.47 Å². The molecule has 0 saturated carbocycles. The van der Waals surface area contributed by atoms with Gasteiger partial charge in [0, 0.05) is 5.69 Å². The number of hydrogen-bond acceptors (Lipinski definition) is 6. The minimum Gasteiger partial charge on any atom is -0.495 e. The number of amides is 1. The number of rotatable bonds is 8. The van der Waals surface area contributed by atoms with Crippen molar-refractivity contribution in [2.24, 2.45) is 0 Å². The number of para-hydroxylation sites is 2. The number of ether oxygens (including phenoxy) is 2. The highest BCUT2D eigenvalue weighted by atomic mass is 32.2. The van der Waals surface area contributed by atoms with E-state index >= 15 is 0 Å². The quantitative estimate of drug-likeness (QED) is 0.379. The summed E-state index contributed by atoms with van der Waals surface area (Å²) in [6.07, 6.45) is 1.60. The Bertz CT molecular complexity index is 1210. The summed E-state index contributed by atoms with van der Waals surface area (Å²) in [7, 11) is 1.61. The van der Waals surface area contributed by atoms with Gasteiger partial charge in [-0.3, -0.25) is 9.36 Å². The first-order valence-corrected chi connectivity index (χ1v) is 10.9. The summed E-state index contributed by atoms with van der Waals surface area (Å²) < 4.78 is 13.1. The van der Waals surface area contributed by atoms with Crippen molar-refractivity contribution in [2.45, 2.75) is 12.1 Å². The molecule has 3 aromatic carbocycles. The molecule has 0 unspecified atom stereocenters. The van der Waals surface area contributed by atoms with Gasteiger partial charge in [0.2, 0.25) is 5.91 Å². The molecule has 1 amide bonds. The topological polar surface area (TPSA) is 78.3 Å². The van der Waals surface area contributed by atoms with Crippen LogP contribution in [0.1, 0.15) is 5.56 Å². The highest BCUT2D eigenvalue weighted by Gasteiger charge is 2.13. The fraction of sp³-hybridized carbons (Fsp3) is 0.125. The van der Waals surface area contributed by atoms with Crippen LogP contribution in [0.2, 0.25) is 0 Å². The number of benzene rings is 3. The molecule has 162 valence electrons. The van der Waals surface area contributed by atoms with Crippen molar-refractivity contribution in [3.63, 3.8) is 0 Å². The molecule has 8 heteroatoms. The first-order chi connectivity index (χ1) is 15.6. The van der Waals surface area contributed by atoms with E-state index in [1.165, 1.54) is 11.8 Å². The molecule has 0 aliphatic carbocycles. The van der Waals surface area contributed by atoms with Crippen molar-refractivity contribution in [1.82, 2.24) is 14.8 Å². The Labute approximate surface area is 190 Å². The van der Waals surface area contributed by atoms with Crippen LogP contribution in [0.25, 0.3) is 5.69 Å². The van der Waals surface area contributed by atoms with Crippen LogP contribution in [0.5, 0.6) is 17.2 Å². The molecule has 0 aliphatic heterocycles. The van der Waals surface area contributed by atoms with Gasteiger partial charge in [0.05, 0.1) is 18.6 Å². The third-order valence-corrected chi connectivity index (χ3v) is 5.50. The van der Waals surface area contributed by atoms with Gasteiger partial charge in [-0.15, -0.1) is 10.2 Å². The van der Waals surface area contributed by atoms with Crippen molar-refractivity contribution in [3.05, 3.63) is 84.7 Å². The van der Waals surface area contributed by atoms with Crippen LogP contribution >= 0.6 is 11.8 Å². The van der Waals surface area contributed by atoms with Gasteiger partial charge in [-0.25, -0.2) is 0 Å². The lowest BCUT2D eigenvalue weighted by Crippen LogP contribution is -2.14. The normalized spacial score (nSPS) is 10.6. The number of nitrogens with one attached hydrogen (secondary N) is 1. The fourth-order valence-corrected chi connectivity index (χ4v) is 3.79. The molecule has 32 heavy (non-hydrogen) atoms. The smallest absolute Gasteiger partial charge is 0.234 e. The van der Waals surface area contributed by atoms with Crippen LogP contribution in [0.4, 0.5) is 5.69 Å². The van der Waals surface area contributed by atoms with Gasteiger partial charge in [0.25, 0.3) is 0 Å². The minimum absolute atomic E-state index is 0.142. The highest BCUT2D eigenvalue weighted by molar-refractivity contribution is 7.99. The van der Waals surface area contributed by atoms with Crippen molar-refractivity contribution in [2.75, 3.05) is 18.2 Å². The predicted octanol–water partition coefficient (Wildman–Crippen LogP) is 5.11. The number of carbonyl (C=O) groups excluding carboxylic acids is 1.